The van der Waals surface area contributed by atoms with Crippen LogP contribution in [0.15, 0.2) is 48.5 Å². The molecule has 0 saturated heterocycles. The lowest BCUT2D eigenvalue weighted by Gasteiger charge is -2.09. The van der Waals surface area contributed by atoms with Gasteiger partial charge < -0.3 is 10.6 Å². The van der Waals surface area contributed by atoms with E-state index in [-0.39, 0.29) is 18.2 Å². The first-order chi connectivity index (χ1) is 11.2. The van der Waals surface area contributed by atoms with E-state index in [4.69, 9.17) is 0 Å². The van der Waals surface area contributed by atoms with Crippen molar-refractivity contribution in [2.75, 3.05) is 10.6 Å². The van der Waals surface area contributed by atoms with E-state index >= 15 is 0 Å². The Morgan fingerprint density at radius 3 is 1.88 bits per heavy atom. The molecule has 0 spiro atoms. The van der Waals surface area contributed by atoms with Gasteiger partial charge in [-0.25, -0.2) is 0 Å². The van der Waals surface area contributed by atoms with Crippen molar-refractivity contribution in [1.82, 2.24) is 0 Å². The second-order valence-electron chi connectivity index (χ2n) is 5.18. The van der Waals surface area contributed by atoms with Crippen LogP contribution in [0, 0.1) is 0 Å². The average molecular weight is 336 g/mol. The summed E-state index contributed by atoms with van der Waals surface area (Å²) in [6.45, 7) is 1.39. The summed E-state index contributed by atoms with van der Waals surface area (Å²) in [4.78, 5) is 22.8. The van der Waals surface area contributed by atoms with Gasteiger partial charge in [-0.1, -0.05) is 12.1 Å². The molecule has 24 heavy (non-hydrogen) atoms. The van der Waals surface area contributed by atoms with Crippen molar-refractivity contribution in [3.63, 3.8) is 0 Å². The van der Waals surface area contributed by atoms with Gasteiger partial charge in [0.2, 0.25) is 11.8 Å². The van der Waals surface area contributed by atoms with E-state index in [1.165, 1.54) is 19.1 Å². The molecule has 2 amide bonds. The van der Waals surface area contributed by atoms with Crippen LogP contribution in [0.1, 0.15) is 18.1 Å². The van der Waals surface area contributed by atoms with Gasteiger partial charge in [0.15, 0.2) is 0 Å². The zero-order chi connectivity index (χ0) is 17.7. The van der Waals surface area contributed by atoms with Crippen LogP contribution in [-0.2, 0) is 22.2 Å². The third-order valence-corrected chi connectivity index (χ3v) is 3.13. The summed E-state index contributed by atoms with van der Waals surface area (Å²) in [7, 11) is 0. The van der Waals surface area contributed by atoms with Gasteiger partial charge >= 0.3 is 6.18 Å². The molecule has 0 atom stereocenters. The SMILES string of the molecule is CC(=O)Nc1ccc(CC(=O)Nc2ccc(C(F)(F)F)cc2)cc1. The maximum absolute atomic E-state index is 12.5. The van der Waals surface area contributed by atoms with E-state index in [1.54, 1.807) is 24.3 Å². The fraction of sp³-hybridized carbons (Fsp3) is 0.176. The van der Waals surface area contributed by atoms with Gasteiger partial charge in [-0.2, -0.15) is 13.2 Å². The Bertz CT molecular complexity index is 723. The fourth-order valence-corrected chi connectivity index (χ4v) is 2.04. The second-order valence-corrected chi connectivity index (χ2v) is 5.18. The third-order valence-electron chi connectivity index (χ3n) is 3.13. The summed E-state index contributed by atoms with van der Waals surface area (Å²) >= 11 is 0. The lowest BCUT2D eigenvalue weighted by molar-refractivity contribution is -0.137. The molecule has 0 bridgehead atoms. The number of amides is 2. The Balaban J connectivity index is 1.94. The maximum atomic E-state index is 12.5. The molecule has 0 unspecified atom stereocenters. The van der Waals surface area contributed by atoms with E-state index in [1.807, 2.05) is 0 Å². The van der Waals surface area contributed by atoms with Crippen LogP contribution in [0.3, 0.4) is 0 Å². The molecule has 0 aliphatic carbocycles. The van der Waals surface area contributed by atoms with Crippen molar-refractivity contribution in [2.24, 2.45) is 0 Å². The van der Waals surface area contributed by atoms with Crippen molar-refractivity contribution in [1.29, 1.82) is 0 Å². The van der Waals surface area contributed by atoms with Crippen molar-refractivity contribution in [3.8, 4) is 0 Å². The minimum absolute atomic E-state index is 0.0708. The first kappa shape index (κ1) is 17.5. The summed E-state index contributed by atoms with van der Waals surface area (Å²) in [5, 5.41) is 5.15. The summed E-state index contributed by atoms with van der Waals surface area (Å²) in [5.74, 6) is -0.537. The maximum Gasteiger partial charge on any atom is 0.416 e. The lowest BCUT2D eigenvalue weighted by atomic mass is 10.1. The highest BCUT2D eigenvalue weighted by Crippen LogP contribution is 2.29. The topological polar surface area (TPSA) is 58.2 Å². The van der Waals surface area contributed by atoms with Crippen LogP contribution in [0.25, 0.3) is 0 Å². The predicted octanol–water partition coefficient (Wildman–Crippen LogP) is 3.85. The fourth-order valence-electron chi connectivity index (χ4n) is 2.04. The van der Waals surface area contributed by atoms with Crippen molar-refractivity contribution in [3.05, 3.63) is 59.7 Å². The molecule has 0 fully saturated rings. The van der Waals surface area contributed by atoms with Crippen molar-refractivity contribution < 1.29 is 22.8 Å². The van der Waals surface area contributed by atoms with Crippen LogP contribution in [0.4, 0.5) is 24.5 Å². The molecule has 0 radical (unpaired) electrons. The molecule has 2 rings (SSSR count). The monoisotopic (exact) mass is 336 g/mol. The molecule has 0 aromatic heterocycles. The van der Waals surface area contributed by atoms with Crippen LogP contribution in [-0.4, -0.2) is 11.8 Å². The molecule has 126 valence electrons. The number of hydrogen-bond donors (Lipinski definition) is 2. The number of nitrogens with one attached hydrogen (secondary N) is 2. The smallest absolute Gasteiger partial charge is 0.326 e. The quantitative estimate of drug-likeness (QED) is 0.891. The van der Waals surface area contributed by atoms with E-state index in [0.29, 0.717) is 16.9 Å². The van der Waals surface area contributed by atoms with E-state index < -0.39 is 11.7 Å². The predicted molar refractivity (Wildman–Crippen MR) is 84.5 cm³/mol. The summed E-state index contributed by atoms with van der Waals surface area (Å²) in [5.41, 5.74) is 0.861. The number of halogens is 3. The summed E-state index contributed by atoms with van der Waals surface area (Å²) < 4.78 is 37.4. The molecule has 2 N–H and O–H groups in total. The highest BCUT2D eigenvalue weighted by Gasteiger charge is 2.29. The number of rotatable bonds is 4. The van der Waals surface area contributed by atoms with Crippen LogP contribution >= 0.6 is 0 Å². The van der Waals surface area contributed by atoms with Gasteiger partial charge in [-0.05, 0) is 42.0 Å². The van der Waals surface area contributed by atoms with Gasteiger partial charge in [0.05, 0.1) is 12.0 Å². The van der Waals surface area contributed by atoms with Crippen LogP contribution < -0.4 is 10.6 Å². The Morgan fingerprint density at radius 2 is 1.38 bits per heavy atom. The minimum atomic E-state index is -4.40. The molecule has 0 aliphatic heterocycles. The Labute approximate surface area is 136 Å². The second kappa shape index (κ2) is 7.16. The third kappa shape index (κ3) is 5.12. The molecule has 0 saturated carbocycles. The van der Waals surface area contributed by atoms with Crippen LogP contribution in [0.5, 0.6) is 0 Å². The minimum Gasteiger partial charge on any atom is -0.326 e. The Hall–Kier alpha value is -2.83. The van der Waals surface area contributed by atoms with Gasteiger partial charge in [0, 0.05) is 18.3 Å². The molecular formula is C17H15F3N2O2. The molecule has 2 aromatic carbocycles. The van der Waals surface area contributed by atoms with Gasteiger partial charge in [0.25, 0.3) is 0 Å². The summed E-state index contributed by atoms with van der Waals surface area (Å²) in [6, 6.07) is 11.0. The molecule has 2 aromatic rings. The highest BCUT2D eigenvalue weighted by atomic mass is 19.4. The standard InChI is InChI=1S/C17H15F3N2O2/c1-11(23)21-14-6-2-12(3-7-14)10-16(24)22-15-8-4-13(5-9-15)17(18,19)20/h2-9H,10H2,1H3,(H,21,23)(H,22,24). The molecule has 4 nitrogen and oxygen atoms in total. The number of hydrogen-bond acceptors (Lipinski definition) is 2. The Kier molecular flexibility index (Phi) is 5.23. The summed E-state index contributed by atoms with van der Waals surface area (Å²) in [6.07, 6.45) is -4.33. The number of alkyl halides is 3. The van der Waals surface area contributed by atoms with Crippen molar-refractivity contribution >= 4 is 23.2 Å². The van der Waals surface area contributed by atoms with Crippen LogP contribution in [0.2, 0.25) is 0 Å². The van der Waals surface area contributed by atoms with Gasteiger partial charge in [0.1, 0.15) is 0 Å². The zero-order valence-corrected chi connectivity index (χ0v) is 12.8. The number of carbonyl (C=O) groups is 2. The van der Waals surface area contributed by atoms with Gasteiger partial charge in [-0.3, -0.25) is 9.59 Å². The Morgan fingerprint density at radius 1 is 0.875 bits per heavy atom. The zero-order valence-electron chi connectivity index (χ0n) is 12.8. The number of benzene rings is 2. The normalized spacial score (nSPS) is 11.0. The first-order valence-corrected chi connectivity index (χ1v) is 7.08. The van der Waals surface area contributed by atoms with Gasteiger partial charge in [-0.15, -0.1) is 0 Å². The number of anilines is 2. The first-order valence-electron chi connectivity index (χ1n) is 7.08. The van der Waals surface area contributed by atoms with E-state index in [0.717, 1.165) is 12.1 Å². The lowest BCUT2D eigenvalue weighted by Crippen LogP contribution is -2.14. The molecule has 0 heterocycles. The number of carbonyl (C=O) groups excluding carboxylic acids is 2. The molecule has 7 heteroatoms. The van der Waals surface area contributed by atoms with Crippen molar-refractivity contribution in [2.45, 2.75) is 19.5 Å². The molecular weight excluding hydrogens is 321 g/mol. The largest absolute Gasteiger partial charge is 0.416 e. The average Bonchev–Trinajstić information content (AvgIpc) is 2.48. The molecule has 0 aliphatic rings. The van der Waals surface area contributed by atoms with E-state index in [9.17, 15) is 22.8 Å². The van der Waals surface area contributed by atoms with E-state index in [2.05, 4.69) is 10.6 Å². The highest BCUT2D eigenvalue weighted by molar-refractivity contribution is 5.92.